The second-order valence-electron chi connectivity index (χ2n) is 6.96. The summed E-state index contributed by atoms with van der Waals surface area (Å²) in [5.41, 5.74) is -2.18. The van der Waals surface area contributed by atoms with E-state index in [2.05, 4.69) is 25.6 Å². The molecule has 3 aromatic rings. The highest BCUT2D eigenvalue weighted by molar-refractivity contribution is 5.61. The van der Waals surface area contributed by atoms with Crippen LogP contribution in [0.15, 0.2) is 36.8 Å². The van der Waals surface area contributed by atoms with E-state index in [0.29, 0.717) is 29.8 Å². The fourth-order valence-corrected chi connectivity index (χ4v) is 3.12. The monoisotopic (exact) mass is 392 g/mol. The van der Waals surface area contributed by atoms with Crippen LogP contribution in [0.5, 0.6) is 0 Å². The fraction of sp³-hybridized carbons (Fsp3) is 0.389. The Morgan fingerprint density at radius 3 is 2.79 bits per heavy atom. The van der Waals surface area contributed by atoms with Gasteiger partial charge in [-0.3, -0.25) is 9.38 Å². The van der Waals surface area contributed by atoms with Gasteiger partial charge in [0.05, 0.1) is 29.5 Å². The summed E-state index contributed by atoms with van der Waals surface area (Å²) in [5, 5.41) is 16.5. The van der Waals surface area contributed by atoms with E-state index >= 15 is 0 Å². The van der Waals surface area contributed by atoms with Crippen molar-refractivity contribution >= 4 is 11.5 Å². The maximum absolute atomic E-state index is 13.2. The molecule has 2 atom stereocenters. The first-order valence-electron chi connectivity index (χ1n) is 8.83. The van der Waals surface area contributed by atoms with E-state index < -0.39 is 17.5 Å². The standard InChI is InChI=1S/C18H19F3N6O/c1-17(28,18(19,20)21)14-10-27-13(8-24-16(27)9-23-14)12-3-2-4-15(26-12)25-11-5-6-22-7-11/h2-4,8-11,22,28H,5-7H2,1H3,(H,25,26)/t11-,17?/m1/s1. The molecule has 0 aliphatic carbocycles. The average molecular weight is 392 g/mol. The number of pyridine rings is 1. The first kappa shape index (κ1) is 18.6. The highest BCUT2D eigenvalue weighted by atomic mass is 19.4. The molecule has 0 spiro atoms. The molecule has 0 radical (unpaired) electrons. The Bertz CT molecular complexity index is 994. The topological polar surface area (TPSA) is 87.4 Å². The molecule has 148 valence electrons. The van der Waals surface area contributed by atoms with Gasteiger partial charge >= 0.3 is 6.18 Å². The van der Waals surface area contributed by atoms with Gasteiger partial charge < -0.3 is 15.7 Å². The molecule has 1 saturated heterocycles. The van der Waals surface area contributed by atoms with Gasteiger partial charge in [-0.2, -0.15) is 13.2 Å². The van der Waals surface area contributed by atoms with Gasteiger partial charge in [-0.1, -0.05) is 6.07 Å². The van der Waals surface area contributed by atoms with Gasteiger partial charge in [-0.05, 0) is 32.0 Å². The molecule has 7 nitrogen and oxygen atoms in total. The summed E-state index contributed by atoms with van der Waals surface area (Å²) in [6.45, 7) is 2.47. The van der Waals surface area contributed by atoms with E-state index in [1.54, 1.807) is 6.07 Å². The van der Waals surface area contributed by atoms with Crippen molar-refractivity contribution in [1.29, 1.82) is 0 Å². The number of imidazole rings is 1. The summed E-state index contributed by atoms with van der Waals surface area (Å²) in [6.07, 6.45) is 0.000402. The number of halogens is 3. The number of aliphatic hydroxyl groups is 1. The molecule has 0 amide bonds. The molecule has 1 aliphatic rings. The van der Waals surface area contributed by atoms with Crippen molar-refractivity contribution in [2.24, 2.45) is 0 Å². The third-order valence-corrected chi connectivity index (χ3v) is 4.87. The summed E-state index contributed by atoms with van der Waals surface area (Å²) >= 11 is 0. The largest absolute Gasteiger partial charge is 0.422 e. The number of aromatic nitrogens is 4. The van der Waals surface area contributed by atoms with E-state index in [4.69, 9.17) is 0 Å². The zero-order valence-corrected chi connectivity index (χ0v) is 15.0. The van der Waals surface area contributed by atoms with Crippen LogP contribution in [0.2, 0.25) is 0 Å². The van der Waals surface area contributed by atoms with Crippen molar-refractivity contribution in [3.05, 3.63) is 42.5 Å². The minimum absolute atomic E-state index is 0.280. The maximum atomic E-state index is 13.2. The number of fused-ring (bicyclic) bond motifs is 1. The molecule has 0 saturated carbocycles. The lowest BCUT2D eigenvalue weighted by molar-refractivity contribution is -0.260. The first-order chi connectivity index (χ1) is 13.3. The Morgan fingerprint density at radius 2 is 2.07 bits per heavy atom. The summed E-state index contributed by atoms with van der Waals surface area (Å²) in [7, 11) is 0. The smallest absolute Gasteiger partial charge is 0.375 e. The second kappa shape index (κ2) is 6.71. The molecule has 10 heteroatoms. The quantitative estimate of drug-likeness (QED) is 0.632. The van der Waals surface area contributed by atoms with Crippen LogP contribution in [0.4, 0.5) is 19.0 Å². The van der Waals surface area contributed by atoms with Crippen molar-refractivity contribution in [3.8, 4) is 11.4 Å². The van der Waals surface area contributed by atoms with Crippen molar-refractivity contribution in [1.82, 2.24) is 24.7 Å². The number of hydrogen-bond donors (Lipinski definition) is 3. The Kier molecular flexibility index (Phi) is 4.47. The van der Waals surface area contributed by atoms with Crippen LogP contribution < -0.4 is 10.6 Å². The zero-order chi connectivity index (χ0) is 19.9. The van der Waals surface area contributed by atoms with Crippen LogP contribution in [-0.4, -0.2) is 49.8 Å². The Morgan fingerprint density at radius 1 is 1.25 bits per heavy atom. The first-order valence-corrected chi connectivity index (χ1v) is 8.83. The van der Waals surface area contributed by atoms with Gasteiger partial charge in [-0.25, -0.2) is 9.97 Å². The normalized spacial score (nSPS) is 19.7. The van der Waals surface area contributed by atoms with E-state index in [0.717, 1.165) is 25.7 Å². The van der Waals surface area contributed by atoms with Gasteiger partial charge in [0.2, 0.25) is 5.60 Å². The van der Waals surface area contributed by atoms with Gasteiger partial charge in [0.15, 0.2) is 5.65 Å². The van der Waals surface area contributed by atoms with Crippen molar-refractivity contribution in [2.75, 3.05) is 18.4 Å². The molecule has 3 aromatic heterocycles. The van der Waals surface area contributed by atoms with Crippen LogP contribution in [0, 0.1) is 0 Å². The van der Waals surface area contributed by atoms with Gasteiger partial charge in [0, 0.05) is 18.8 Å². The summed E-state index contributed by atoms with van der Waals surface area (Å²) < 4.78 is 41.0. The van der Waals surface area contributed by atoms with Gasteiger partial charge in [0.25, 0.3) is 0 Å². The molecular weight excluding hydrogens is 373 g/mol. The highest BCUT2D eigenvalue weighted by Crippen LogP contribution is 2.37. The molecule has 28 heavy (non-hydrogen) atoms. The Hall–Kier alpha value is -2.72. The number of nitrogens with zero attached hydrogens (tertiary/aromatic N) is 4. The third kappa shape index (κ3) is 3.29. The average Bonchev–Trinajstić information content (AvgIpc) is 3.30. The van der Waals surface area contributed by atoms with Crippen molar-refractivity contribution in [3.63, 3.8) is 0 Å². The molecule has 0 bridgehead atoms. The SMILES string of the molecule is CC(O)(c1cn2c(-c3cccc(N[C@@H]4CCNC4)n3)cnc2cn1)C(F)(F)F. The number of anilines is 1. The number of hydrogen-bond acceptors (Lipinski definition) is 6. The van der Waals surface area contributed by atoms with Crippen molar-refractivity contribution < 1.29 is 18.3 Å². The molecule has 1 aliphatic heterocycles. The maximum Gasteiger partial charge on any atom is 0.422 e. The lowest BCUT2D eigenvalue weighted by Gasteiger charge is -2.25. The zero-order valence-electron chi connectivity index (χ0n) is 15.0. The number of alkyl halides is 3. The van der Waals surface area contributed by atoms with Crippen molar-refractivity contribution in [2.45, 2.75) is 31.2 Å². The molecule has 4 rings (SSSR count). The van der Waals surface area contributed by atoms with Crippen LogP contribution in [-0.2, 0) is 5.60 Å². The van der Waals surface area contributed by atoms with Crippen LogP contribution in [0.3, 0.4) is 0 Å². The number of rotatable bonds is 4. The molecule has 1 fully saturated rings. The lowest BCUT2D eigenvalue weighted by Crippen LogP contribution is -2.40. The molecule has 1 unspecified atom stereocenters. The van der Waals surface area contributed by atoms with Crippen LogP contribution in [0.1, 0.15) is 19.0 Å². The third-order valence-electron chi connectivity index (χ3n) is 4.87. The highest BCUT2D eigenvalue weighted by Gasteiger charge is 2.52. The Labute approximate surface area is 158 Å². The molecule has 0 aromatic carbocycles. The lowest BCUT2D eigenvalue weighted by atomic mass is 10.0. The molecule has 3 N–H and O–H groups in total. The van der Waals surface area contributed by atoms with Crippen LogP contribution >= 0.6 is 0 Å². The summed E-state index contributed by atoms with van der Waals surface area (Å²) in [4.78, 5) is 12.5. The minimum atomic E-state index is -4.86. The van der Waals surface area contributed by atoms with Gasteiger partial charge in [0.1, 0.15) is 5.82 Å². The fourth-order valence-electron chi connectivity index (χ4n) is 3.12. The summed E-state index contributed by atoms with van der Waals surface area (Å²) in [6, 6.07) is 5.69. The van der Waals surface area contributed by atoms with E-state index in [-0.39, 0.29) is 6.04 Å². The summed E-state index contributed by atoms with van der Waals surface area (Å²) in [5.74, 6) is 0.678. The Balaban J connectivity index is 1.72. The molecule has 4 heterocycles. The minimum Gasteiger partial charge on any atom is -0.375 e. The van der Waals surface area contributed by atoms with E-state index in [1.165, 1.54) is 16.8 Å². The predicted octanol–water partition coefficient (Wildman–Crippen LogP) is 2.33. The van der Waals surface area contributed by atoms with E-state index in [9.17, 15) is 18.3 Å². The second-order valence-corrected chi connectivity index (χ2v) is 6.96. The number of nitrogens with one attached hydrogen (secondary N) is 2. The van der Waals surface area contributed by atoms with Crippen LogP contribution in [0.25, 0.3) is 17.0 Å². The predicted molar refractivity (Wildman–Crippen MR) is 96.7 cm³/mol. The van der Waals surface area contributed by atoms with Gasteiger partial charge in [-0.15, -0.1) is 0 Å². The van der Waals surface area contributed by atoms with E-state index in [1.807, 2.05) is 12.1 Å². The molecular formula is C18H19F3N6O.